The molecule has 2 heterocycles. The fraction of sp³-hybridized carbons (Fsp3) is 0.200. The first-order valence-corrected chi connectivity index (χ1v) is 4.78. The van der Waals surface area contributed by atoms with Gasteiger partial charge in [0.2, 0.25) is 11.8 Å². The minimum absolute atomic E-state index is 0.0535. The first-order valence-electron chi connectivity index (χ1n) is 4.78. The predicted molar refractivity (Wildman–Crippen MR) is 57.2 cm³/mol. The monoisotopic (exact) mass is 218 g/mol. The lowest BCUT2D eigenvalue weighted by molar-refractivity contribution is -0.116. The lowest BCUT2D eigenvalue weighted by atomic mass is 10.1. The summed E-state index contributed by atoms with van der Waals surface area (Å²) in [6.07, 6.45) is 5.16. The van der Waals surface area contributed by atoms with Crippen LogP contribution in [-0.4, -0.2) is 21.8 Å². The summed E-state index contributed by atoms with van der Waals surface area (Å²) in [5.74, 6) is -0.0949. The molecule has 1 aromatic rings. The van der Waals surface area contributed by atoms with Crippen LogP contribution in [0.2, 0.25) is 0 Å². The van der Waals surface area contributed by atoms with Crippen molar-refractivity contribution in [2.75, 3.05) is 5.32 Å². The predicted octanol–water partition coefficient (Wildman–Crippen LogP) is -0.140. The molecule has 16 heavy (non-hydrogen) atoms. The highest BCUT2D eigenvalue weighted by Gasteiger charge is 2.16. The summed E-state index contributed by atoms with van der Waals surface area (Å²) in [5, 5.41) is 2.62. The lowest BCUT2D eigenvalue weighted by Crippen LogP contribution is -2.21. The second kappa shape index (κ2) is 4.09. The number of nitrogens with one attached hydrogen (secondary N) is 1. The van der Waals surface area contributed by atoms with E-state index >= 15 is 0 Å². The van der Waals surface area contributed by atoms with Crippen LogP contribution in [0.3, 0.4) is 0 Å². The summed E-state index contributed by atoms with van der Waals surface area (Å²) < 4.78 is 0. The van der Waals surface area contributed by atoms with Crippen molar-refractivity contribution in [3.05, 3.63) is 23.7 Å². The zero-order valence-electron chi connectivity index (χ0n) is 8.43. The van der Waals surface area contributed by atoms with Gasteiger partial charge in [0, 0.05) is 18.9 Å². The minimum Gasteiger partial charge on any atom is -0.366 e. The molecule has 0 saturated carbocycles. The highest BCUT2D eigenvalue weighted by molar-refractivity contribution is 5.92. The molecule has 0 saturated heterocycles. The van der Waals surface area contributed by atoms with Crippen LogP contribution in [0.1, 0.15) is 17.8 Å². The molecular formula is C10H10N4O2. The van der Waals surface area contributed by atoms with Gasteiger partial charge in [-0.05, 0) is 6.08 Å². The summed E-state index contributed by atoms with van der Waals surface area (Å²) in [7, 11) is 0. The van der Waals surface area contributed by atoms with Crippen molar-refractivity contribution < 1.29 is 9.59 Å². The first kappa shape index (κ1) is 10.3. The van der Waals surface area contributed by atoms with Crippen LogP contribution in [0.5, 0.6) is 0 Å². The number of rotatable bonds is 2. The Morgan fingerprint density at radius 3 is 3.06 bits per heavy atom. The van der Waals surface area contributed by atoms with Crippen LogP contribution in [0.15, 0.2) is 12.3 Å². The Morgan fingerprint density at radius 2 is 2.31 bits per heavy atom. The van der Waals surface area contributed by atoms with Crippen LogP contribution in [0.4, 0.5) is 5.82 Å². The van der Waals surface area contributed by atoms with E-state index in [9.17, 15) is 9.59 Å². The van der Waals surface area contributed by atoms with E-state index in [0.717, 1.165) is 5.69 Å². The average molecular weight is 218 g/mol. The number of fused-ring (bicyclic) bond motifs is 1. The van der Waals surface area contributed by atoms with E-state index in [4.69, 9.17) is 5.73 Å². The highest BCUT2D eigenvalue weighted by atomic mass is 16.2. The quantitative estimate of drug-likeness (QED) is 0.675. The summed E-state index contributed by atoms with van der Waals surface area (Å²) in [6.45, 7) is 0. The van der Waals surface area contributed by atoms with Crippen molar-refractivity contribution >= 4 is 23.7 Å². The van der Waals surface area contributed by atoms with Gasteiger partial charge in [-0.15, -0.1) is 0 Å². The molecule has 0 spiro atoms. The fourth-order valence-corrected chi connectivity index (χ4v) is 1.40. The molecule has 1 aliphatic rings. The van der Waals surface area contributed by atoms with E-state index in [2.05, 4.69) is 15.3 Å². The zero-order valence-corrected chi connectivity index (χ0v) is 8.43. The summed E-state index contributed by atoms with van der Waals surface area (Å²) >= 11 is 0. The molecule has 3 N–H and O–H groups in total. The molecule has 2 amide bonds. The lowest BCUT2D eigenvalue weighted by Gasteiger charge is -2.14. The summed E-state index contributed by atoms with van der Waals surface area (Å²) in [6, 6.07) is 0. The molecule has 2 rings (SSSR count). The maximum absolute atomic E-state index is 11.1. The van der Waals surface area contributed by atoms with E-state index in [0.29, 0.717) is 24.4 Å². The van der Waals surface area contributed by atoms with E-state index in [1.165, 1.54) is 18.3 Å². The van der Waals surface area contributed by atoms with Gasteiger partial charge in [0.15, 0.2) is 5.82 Å². The summed E-state index contributed by atoms with van der Waals surface area (Å²) in [4.78, 5) is 29.9. The third kappa shape index (κ3) is 2.22. The normalized spacial score (nSPS) is 14.6. The van der Waals surface area contributed by atoms with E-state index < -0.39 is 5.91 Å². The molecule has 0 aliphatic carbocycles. The van der Waals surface area contributed by atoms with Gasteiger partial charge in [-0.2, -0.15) is 0 Å². The topological polar surface area (TPSA) is 98.0 Å². The van der Waals surface area contributed by atoms with Crippen LogP contribution >= 0.6 is 0 Å². The molecule has 0 bridgehead atoms. The number of nitrogens with zero attached hydrogens (tertiary/aromatic N) is 2. The number of hydrogen-bond donors (Lipinski definition) is 2. The molecule has 6 heteroatoms. The Kier molecular flexibility index (Phi) is 2.63. The number of carbonyl (C=O) groups excluding carboxylic acids is 2. The summed E-state index contributed by atoms with van der Waals surface area (Å²) in [5.41, 5.74) is 6.24. The van der Waals surface area contributed by atoms with Gasteiger partial charge in [0.05, 0.1) is 17.6 Å². The van der Waals surface area contributed by atoms with Crippen molar-refractivity contribution in [1.29, 1.82) is 0 Å². The number of aromatic nitrogens is 2. The molecular weight excluding hydrogens is 208 g/mol. The van der Waals surface area contributed by atoms with Gasteiger partial charge in [0.1, 0.15) is 0 Å². The van der Waals surface area contributed by atoms with Crippen LogP contribution in [0, 0.1) is 0 Å². The third-order valence-corrected chi connectivity index (χ3v) is 2.13. The molecule has 6 nitrogen and oxygen atoms in total. The number of hydrogen-bond acceptors (Lipinski definition) is 4. The molecule has 0 atom stereocenters. The molecule has 0 radical (unpaired) electrons. The number of primary amides is 1. The minimum atomic E-state index is -0.534. The van der Waals surface area contributed by atoms with Crippen molar-refractivity contribution in [3.63, 3.8) is 0 Å². The second-order valence-electron chi connectivity index (χ2n) is 3.37. The largest absolute Gasteiger partial charge is 0.366 e. The number of anilines is 1. The van der Waals surface area contributed by atoms with Crippen LogP contribution < -0.4 is 11.1 Å². The van der Waals surface area contributed by atoms with Gasteiger partial charge in [-0.3, -0.25) is 9.59 Å². The Bertz CT molecular complexity index is 482. The smallest absolute Gasteiger partial charge is 0.241 e. The fourth-order valence-electron chi connectivity index (χ4n) is 1.40. The Morgan fingerprint density at radius 1 is 1.50 bits per heavy atom. The zero-order chi connectivity index (χ0) is 11.5. The average Bonchev–Trinajstić information content (AvgIpc) is 2.26. The van der Waals surface area contributed by atoms with Crippen molar-refractivity contribution in [2.45, 2.75) is 12.8 Å². The maximum atomic E-state index is 11.1. The number of amides is 2. The number of aryl methyl sites for hydroxylation is 1. The van der Waals surface area contributed by atoms with Gasteiger partial charge in [-0.1, -0.05) is 0 Å². The molecule has 0 unspecified atom stereocenters. The Labute approximate surface area is 91.6 Å². The number of nitrogens with two attached hydrogens (primary N) is 1. The molecule has 0 fully saturated rings. The van der Waals surface area contributed by atoms with Crippen molar-refractivity contribution in [3.8, 4) is 0 Å². The first-order chi connectivity index (χ1) is 7.65. The standard InChI is InChI=1S/C10H10N4O2/c11-8(15)3-1-6-5-12-10-7(13-6)2-4-9(16)14-10/h1,3,5H,2,4H2,(H2,11,15)(H,12,14,16)/b3-1+. The Hall–Kier alpha value is -2.24. The van der Waals surface area contributed by atoms with Crippen molar-refractivity contribution in [1.82, 2.24) is 9.97 Å². The van der Waals surface area contributed by atoms with Gasteiger partial charge in [0.25, 0.3) is 0 Å². The Balaban J connectivity index is 2.26. The highest BCUT2D eigenvalue weighted by Crippen LogP contribution is 2.17. The van der Waals surface area contributed by atoms with Gasteiger partial charge < -0.3 is 11.1 Å². The third-order valence-electron chi connectivity index (χ3n) is 2.13. The van der Waals surface area contributed by atoms with E-state index in [1.54, 1.807) is 0 Å². The molecule has 0 aromatic carbocycles. The van der Waals surface area contributed by atoms with Crippen LogP contribution in [-0.2, 0) is 16.0 Å². The van der Waals surface area contributed by atoms with Gasteiger partial charge >= 0.3 is 0 Å². The molecule has 1 aromatic heterocycles. The second-order valence-corrected chi connectivity index (χ2v) is 3.37. The van der Waals surface area contributed by atoms with Crippen molar-refractivity contribution in [2.24, 2.45) is 5.73 Å². The van der Waals surface area contributed by atoms with E-state index in [-0.39, 0.29) is 5.91 Å². The van der Waals surface area contributed by atoms with E-state index in [1.807, 2.05) is 0 Å². The SMILES string of the molecule is NC(=O)/C=C/c1cnc2c(n1)CCC(=O)N2. The molecule has 1 aliphatic heterocycles. The number of carbonyl (C=O) groups is 2. The molecule has 82 valence electrons. The maximum Gasteiger partial charge on any atom is 0.241 e. The van der Waals surface area contributed by atoms with Gasteiger partial charge in [-0.25, -0.2) is 9.97 Å². The van der Waals surface area contributed by atoms with Crippen LogP contribution in [0.25, 0.3) is 6.08 Å².